The molecule has 1 aliphatic heterocycles. The van der Waals surface area contributed by atoms with E-state index in [1.54, 1.807) is 4.90 Å². The number of benzene rings is 1. The van der Waals surface area contributed by atoms with E-state index in [1.165, 1.54) is 11.8 Å². The lowest BCUT2D eigenvalue weighted by Crippen LogP contribution is -2.32. The Bertz CT molecular complexity index is 596. The summed E-state index contributed by atoms with van der Waals surface area (Å²) < 4.78 is 0.618. The summed E-state index contributed by atoms with van der Waals surface area (Å²) in [6.45, 7) is 6.37. The van der Waals surface area contributed by atoms with Gasteiger partial charge in [0.15, 0.2) is 0 Å². The average molecular weight is 336 g/mol. The molecule has 1 aliphatic rings. The summed E-state index contributed by atoms with van der Waals surface area (Å²) in [4.78, 5) is 25.5. The second-order valence-corrected chi connectivity index (χ2v) is 7.52. The third-order valence-electron chi connectivity index (χ3n) is 3.40. The van der Waals surface area contributed by atoms with Crippen LogP contribution in [0.25, 0.3) is 0 Å². The topological polar surface area (TPSA) is 49.4 Å². The minimum absolute atomic E-state index is 0.0386. The molecule has 1 N–H and O–H groups in total. The van der Waals surface area contributed by atoms with E-state index in [4.69, 9.17) is 12.2 Å². The van der Waals surface area contributed by atoms with Gasteiger partial charge in [0.05, 0.1) is 5.25 Å². The minimum atomic E-state index is -0.100. The number of anilines is 1. The van der Waals surface area contributed by atoms with Gasteiger partial charge in [0.25, 0.3) is 0 Å². The molecule has 0 aromatic heterocycles. The van der Waals surface area contributed by atoms with Crippen molar-refractivity contribution in [2.75, 3.05) is 11.9 Å². The molecule has 0 spiro atoms. The highest BCUT2D eigenvalue weighted by atomic mass is 32.2. The highest BCUT2D eigenvalue weighted by Crippen LogP contribution is 2.26. The number of amides is 2. The zero-order valence-corrected chi connectivity index (χ0v) is 14.6. The molecule has 1 aromatic rings. The highest BCUT2D eigenvalue weighted by molar-refractivity contribution is 8.24. The number of carbonyl (C=O) groups excluding carboxylic acids is 2. The monoisotopic (exact) mass is 336 g/mol. The van der Waals surface area contributed by atoms with Crippen molar-refractivity contribution in [1.29, 1.82) is 0 Å². The molecule has 1 atom stereocenters. The molecule has 1 fully saturated rings. The van der Waals surface area contributed by atoms with Crippen LogP contribution in [0.5, 0.6) is 0 Å². The van der Waals surface area contributed by atoms with E-state index in [9.17, 15) is 9.59 Å². The van der Waals surface area contributed by atoms with Crippen LogP contribution in [0.1, 0.15) is 30.9 Å². The van der Waals surface area contributed by atoms with Crippen LogP contribution < -0.4 is 5.32 Å². The third-order valence-corrected chi connectivity index (χ3v) is 4.89. The molecule has 1 aromatic carbocycles. The summed E-state index contributed by atoms with van der Waals surface area (Å²) in [6, 6.07) is 5.96. The van der Waals surface area contributed by atoms with Gasteiger partial charge < -0.3 is 5.32 Å². The fourth-order valence-electron chi connectivity index (χ4n) is 2.44. The zero-order chi connectivity index (χ0) is 16.3. The smallest absolute Gasteiger partial charge is 0.241 e. The summed E-state index contributed by atoms with van der Waals surface area (Å²) in [5.74, 6) is 0.00739. The quantitative estimate of drug-likeness (QED) is 0.839. The van der Waals surface area contributed by atoms with Crippen LogP contribution >= 0.6 is 24.0 Å². The van der Waals surface area contributed by atoms with Crippen LogP contribution in [-0.2, 0) is 9.59 Å². The zero-order valence-electron chi connectivity index (χ0n) is 13.0. The van der Waals surface area contributed by atoms with E-state index >= 15 is 0 Å². The number of thiocarbonyl (C=S) groups is 1. The number of carbonyl (C=O) groups is 2. The third kappa shape index (κ3) is 4.30. The van der Waals surface area contributed by atoms with Crippen LogP contribution in [0.4, 0.5) is 5.69 Å². The Morgan fingerprint density at radius 1 is 1.32 bits per heavy atom. The van der Waals surface area contributed by atoms with Gasteiger partial charge in [0.1, 0.15) is 4.32 Å². The van der Waals surface area contributed by atoms with Crippen LogP contribution in [0.2, 0.25) is 0 Å². The van der Waals surface area contributed by atoms with Crippen LogP contribution in [0.3, 0.4) is 0 Å². The van der Waals surface area contributed by atoms with Gasteiger partial charge >= 0.3 is 0 Å². The predicted octanol–water partition coefficient (Wildman–Crippen LogP) is 3.27. The summed E-state index contributed by atoms with van der Waals surface area (Å²) in [5, 5.41) is 2.80. The van der Waals surface area contributed by atoms with Gasteiger partial charge in [0.2, 0.25) is 11.8 Å². The number of rotatable bonds is 5. The first-order valence-corrected chi connectivity index (χ1v) is 8.56. The number of thioether (sulfide) groups is 1. The van der Waals surface area contributed by atoms with Crippen molar-refractivity contribution in [1.82, 2.24) is 4.90 Å². The molecule has 2 rings (SSSR count). The Labute approximate surface area is 140 Å². The molecule has 0 saturated carbocycles. The fraction of sp³-hybridized carbons (Fsp3) is 0.438. The van der Waals surface area contributed by atoms with E-state index in [1.807, 2.05) is 32.9 Å². The Hall–Kier alpha value is -1.40. The van der Waals surface area contributed by atoms with Crippen molar-refractivity contribution >= 4 is 45.8 Å². The van der Waals surface area contributed by atoms with Crippen LogP contribution in [-0.4, -0.2) is 32.8 Å². The molecular weight excluding hydrogens is 316 g/mol. The minimum Gasteiger partial charge on any atom is -0.326 e. The first kappa shape index (κ1) is 17.0. The fourth-order valence-corrected chi connectivity index (χ4v) is 3.90. The number of hydrogen-bond donors (Lipinski definition) is 1. The standard InChI is InChI=1S/C16H20N2O2S2/c1-10-7-11(2)9-13(8-10)17-14(19)5-4-6-18-15(20)12(3)22-16(18)21/h7-9,12H,4-6H2,1-3H3,(H,17,19). The molecule has 0 aliphatic carbocycles. The van der Waals surface area contributed by atoms with Crippen molar-refractivity contribution in [3.8, 4) is 0 Å². The Balaban J connectivity index is 1.81. The molecule has 22 heavy (non-hydrogen) atoms. The SMILES string of the molecule is Cc1cc(C)cc(NC(=O)CCCN2C(=O)C(C)SC2=S)c1. The number of aryl methyl sites for hydroxylation is 2. The second kappa shape index (κ2) is 7.24. The number of nitrogens with one attached hydrogen (secondary N) is 1. The first-order valence-electron chi connectivity index (χ1n) is 7.27. The van der Waals surface area contributed by atoms with Gasteiger partial charge in [-0.05, 0) is 50.5 Å². The van der Waals surface area contributed by atoms with E-state index in [0.717, 1.165) is 16.8 Å². The van der Waals surface area contributed by atoms with Gasteiger partial charge in [0, 0.05) is 18.7 Å². The molecular formula is C16H20N2O2S2. The van der Waals surface area contributed by atoms with Gasteiger partial charge in [-0.25, -0.2) is 0 Å². The van der Waals surface area contributed by atoms with Gasteiger partial charge in [-0.2, -0.15) is 0 Å². The summed E-state index contributed by atoms with van der Waals surface area (Å²) in [6.07, 6.45) is 0.980. The lowest BCUT2D eigenvalue weighted by Gasteiger charge is -2.15. The Morgan fingerprint density at radius 3 is 2.50 bits per heavy atom. The first-order chi connectivity index (χ1) is 10.4. The molecule has 4 nitrogen and oxygen atoms in total. The average Bonchev–Trinajstić information content (AvgIpc) is 2.63. The van der Waals surface area contributed by atoms with Gasteiger partial charge in [-0.15, -0.1) is 0 Å². The Morgan fingerprint density at radius 2 is 1.95 bits per heavy atom. The molecule has 0 radical (unpaired) electrons. The van der Waals surface area contributed by atoms with Crippen LogP contribution in [0, 0.1) is 13.8 Å². The normalized spacial score (nSPS) is 18.0. The molecule has 1 saturated heterocycles. The molecule has 118 valence electrons. The van der Waals surface area contributed by atoms with Crippen molar-refractivity contribution in [2.45, 2.75) is 38.9 Å². The number of nitrogens with zero attached hydrogens (tertiary/aromatic N) is 1. The van der Waals surface area contributed by atoms with E-state index in [2.05, 4.69) is 11.4 Å². The van der Waals surface area contributed by atoms with Crippen LogP contribution in [0.15, 0.2) is 18.2 Å². The number of hydrogen-bond acceptors (Lipinski definition) is 4. The van der Waals surface area contributed by atoms with Gasteiger partial charge in [-0.1, -0.05) is 30.0 Å². The second-order valence-electron chi connectivity index (χ2n) is 5.54. The van der Waals surface area contributed by atoms with E-state index < -0.39 is 0 Å². The summed E-state index contributed by atoms with van der Waals surface area (Å²) in [7, 11) is 0. The Kier molecular flexibility index (Phi) is 5.58. The molecule has 1 unspecified atom stereocenters. The van der Waals surface area contributed by atoms with E-state index in [0.29, 0.717) is 23.7 Å². The van der Waals surface area contributed by atoms with Gasteiger partial charge in [-0.3, -0.25) is 14.5 Å². The highest BCUT2D eigenvalue weighted by Gasteiger charge is 2.33. The molecule has 2 amide bonds. The van der Waals surface area contributed by atoms with Crippen molar-refractivity contribution < 1.29 is 9.59 Å². The molecule has 1 heterocycles. The molecule has 0 bridgehead atoms. The largest absolute Gasteiger partial charge is 0.326 e. The summed E-state index contributed by atoms with van der Waals surface area (Å²) in [5.41, 5.74) is 3.06. The van der Waals surface area contributed by atoms with E-state index in [-0.39, 0.29) is 17.1 Å². The summed E-state index contributed by atoms with van der Waals surface area (Å²) >= 11 is 6.58. The lowest BCUT2D eigenvalue weighted by molar-refractivity contribution is -0.126. The van der Waals surface area contributed by atoms with Crippen molar-refractivity contribution in [2.24, 2.45) is 0 Å². The predicted molar refractivity (Wildman–Crippen MR) is 95.1 cm³/mol. The maximum absolute atomic E-state index is 12.0. The molecule has 6 heteroatoms. The van der Waals surface area contributed by atoms with Crippen molar-refractivity contribution in [3.05, 3.63) is 29.3 Å². The van der Waals surface area contributed by atoms with Crippen molar-refractivity contribution in [3.63, 3.8) is 0 Å². The maximum Gasteiger partial charge on any atom is 0.241 e. The lowest BCUT2D eigenvalue weighted by atomic mass is 10.1. The maximum atomic E-state index is 12.0.